The molecule has 0 aromatic heterocycles. The van der Waals surface area contributed by atoms with Crippen molar-refractivity contribution in [2.75, 3.05) is 6.54 Å². The van der Waals surface area contributed by atoms with Crippen molar-refractivity contribution >= 4 is 0 Å². The molecule has 1 N–H and O–H groups in total. The molecule has 62 valence electrons. The molecule has 0 aromatic rings. The van der Waals surface area contributed by atoms with Gasteiger partial charge < -0.3 is 5.32 Å². The zero-order valence-corrected chi connectivity index (χ0v) is 7.78. The molecule has 0 radical (unpaired) electrons. The van der Waals surface area contributed by atoms with E-state index in [0.29, 0.717) is 0 Å². The van der Waals surface area contributed by atoms with Gasteiger partial charge in [-0.2, -0.15) is 0 Å². The van der Waals surface area contributed by atoms with E-state index in [-0.39, 0.29) is 0 Å². The lowest BCUT2D eigenvalue weighted by molar-refractivity contribution is 0.336. The summed E-state index contributed by atoms with van der Waals surface area (Å²) in [6, 6.07) is 0.763. The van der Waals surface area contributed by atoms with Crippen LogP contribution in [0.15, 0.2) is 0 Å². The second-order valence-electron chi connectivity index (χ2n) is 2.98. The summed E-state index contributed by atoms with van der Waals surface area (Å²) >= 11 is 0. The first-order chi connectivity index (χ1) is 4.79. The summed E-state index contributed by atoms with van der Waals surface area (Å²) in [5.41, 5.74) is 0. The highest BCUT2D eigenvalue weighted by atomic mass is 14.9. The van der Waals surface area contributed by atoms with Gasteiger partial charge in [-0.05, 0) is 32.2 Å². The van der Waals surface area contributed by atoms with Crippen LogP contribution in [0.1, 0.15) is 40.5 Å². The van der Waals surface area contributed by atoms with Gasteiger partial charge in [0, 0.05) is 6.04 Å². The third-order valence-electron chi connectivity index (χ3n) is 1.89. The molecular weight excluding hydrogens is 122 g/mol. The monoisotopic (exact) mass is 143 g/mol. The van der Waals surface area contributed by atoms with Crippen LogP contribution in [0.25, 0.3) is 0 Å². The number of hydrogen-bond acceptors (Lipinski definition) is 1. The number of rotatable bonds is 0. The van der Waals surface area contributed by atoms with Gasteiger partial charge in [-0.25, -0.2) is 0 Å². The average molecular weight is 143 g/mol. The molecule has 1 heterocycles. The Morgan fingerprint density at radius 1 is 1.20 bits per heavy atom. The average Bonchev–Trinajstić information content (AvgIpc) is 1.91. The van der Waals surface area contributed by atoms with Crippen LogP contribution < -0.4 is 5.32 Å². The SMILES string of the molecule is CC.CC1C[C@H](C)CCN1. The lowest BCUT2D eigenvalue weighted by atomic mass is 9.96. The van der Waals surface area contributed by atoms with E-state index in [1.807, 2.05) is 13.8 Å². The summed E-state index contributed by atoms with van der Waals surface area (Å²) in [4.78, 5) is 0. The van der Waals surface area contributed by atoms with E-state index in [1.54, 1.807) is 0 Å². The predicted octanol–water partition coefficient (Wildman–Crippen LogP) is 2.42. The van der Waals surface area contributed by atoms with Crippen LogP contribution >= 0.6 is 0 Å². The highest BCUT2D eigenvalue weighted by Gasteiger charge is 2.12. The van der Waals surface area contributed by atoms with Gasteiger partial charge in [0.25, 0.3) is 0 Å². The van der Waals surface area contributed by atoms with Crippen LogP contribution in [0.5, 0.6) is 0 Å². The third kappa shape index (κ3) is 3.89. The molecular formula is C9H21N. The zero-order chi connectivity index (χ0) is 7.98. The summed E-state index contributed by atoms with van der Waals surface area (Å²) in [5, 5.41) is 3.41. The van der Waals surface area contributed by atoms with Crippen molar-refractivity contribution in [3.05, 3.63) is 0 Å². The smallest absolute Gasteiger partial charge is 0.00412 e. The molecule has 0 saturated carbocycles. The zero-order valence-electron chi connectivity index (χ0n) is 7.78. The fraction of sp³-hybridized carbons (Fsp3) is 1.00. The van der Waals surface area contributed by atoms with Gasteiger partial charge in [-0.3, -0.25) is 0 Å². The Kier molecular flexibility index (Phi) is 5.70. The molecule has 1 unspecified atom stereocenters. The minimum absolute atomic E-state index is 0.763. The van der Waals surface area contributed by atoms with Crippen LogP contribution in [0.4, 0.5) is 0 Å². The molecule has 1 rings (SSSR count). The minimum Gasteiger partial charge on any atom is -0.314 e. The molecule has 1 nitrogen and oxygen atoms in total. The van der Waals surface area contributed by atoms with Crippen molar-refractivity contribution in [1.82, 2.24) is 5.32 Å². The molecule has 0 aromatic carbocycles. The summed E-state index contributed by atoms with van der Waals surface area (Å²) < 4.78 is 0. The molecule has 1 aliphatic rings. The second kappa shape index (κ2) is 5.72. The largest absolute Gasteiger partial charge is 0.314 e. The lowest BCUT2D eigenvalue weighted by Crippen LogP contribution is -2.34. The van der Waals surface area contributed by atoms with Gasteiger partial charge in [0.05, 0.1) is 0 Å². The Hall–Kier alpha value is -0.0400. The van der Waals surface area contributed by atoms with E-state index >= 15 is 0 Å². The summed E-state index contributed by atoms with van der Waals surface area (Å²) in [6.45, 7) is 9.81. The number of hydrogen-bond donors (Lipinski definition) is 1. The molecule has 2 atom stereocenters. The third-order valence-corrected chi connectivity index (χ3v) is 1.89. The molecule has 1 heteroatoms. The van der Waals surface area contributed by atoms with Crippen LogP contribution in [0.3, 0.4) is 0 Å². The van der Waals surface area contributed by atoms with E-state index in [4.69, 9.17) is 0 Å². The van der Waals surface area contributed by atoms with Crippen LogP contribution in [-0.4, -0.2) is 12.6 Å². The Morgan fingerprint density at radius 3 is 2.10 bits per heavy atom. The maximum absolute atomic E-state index is 3.41. The summed E-state index contributed by atoms with van der Waals surface area (Å²) in [6.07, 6.45) is 2.73. The van der Waals surface area contributed by atoms with Crippen LogP contribution in [0, 0.1) is 5.92 Å². The first-order valence-electron chi connectivity index (χ1n) is 4.52. The first kappa shape index (κ1) is 9.96. The molecule has 1 fully saturated rings. The Labute approximate surface area is 65.2 Å². The van der Waals surface area contributed by atoms with E-state index in [9.17, 15) is 0 Å². The van der Waals surface area contributed by atoms with E-state index in [1.165, 1.54) is 19.4 Å². The molecule has 0 aliphatic carbocycles. The highest BCUT2D eigenvalue weighted by Crippen LogP contribution is 2.13. The first-order valence-corrected chi connectivity index (χ1v) is 4.52. The van der Waals surface area contributed by atoms with Gasteiger partial charge in [0.2, 0.25) is 0 Å². The van der Waals surface area contributed by atoms with Crippen molar-refractivity contribution in [3.63, 3.8) is 0 Å². The Morgan fingerprint density at radius 2 is 1.80 bits per heavy atom. The van der Waals surface area contributed by atoms with Crippen molar-refractivity contribution in [1.29, 1.82) is 0 Å². The van der Waals surface area contributed by atoms with Crippen LogP contribution in [0.2, 0.25) is 0 Å². The van der Waals surface area contributed by atoms with Crippen molar-refractivity contribution in [3.8, 4) is 0 Å². The van der Waals surface area contributed by atoms with E-state index in [2.05, 4.69) is 19.2 Å². The fourth-order valence-electron chi connectivity index (χ4n) is 1.38. The van der Waals surface area contributed by atoms with Crippen molar-refractivity contribution in [2.24, 2.45) is 5.92 Å². The molecule has 0 spiro atoms. The minimum atomic E-state index is 0.763. The number of nitrogens with one attached hydrogen (secondary N) is 1. The lowest BCUT2D eigenvalue weighted by Gasteiger charge is -2.24. The maximum Gasteiger partial charge on any atom is 0.00412 e. The van der Waals surface area contributed by atoms with Gasteiger partial charge >= 0.3 is 0 Å². The van der Waals surface area contributed by atoms with Gasteiger partial charge in [-0.15, -0.1) is 0 Å². The standard InChI is InChI=1S/C7H15N.C2H6/c1-6-3-4-8-7(2)5-6;1-2/h6-8H,3-5H2,1-2H3;1-2H3/t6-,7?;/m1./s1. The quantitative estimate of drug-likeness (QED) is 0.549. The van der Waals surface area contributed by atoms with Gasteiger partial charge in [0.1, 0.15) is 0 Å². The predicted molar refractivity (Wildman–Crippen MR) is 47.2 cm³/mol. The Bertz CT molecular complexity index is 63.1. The van der Waals surface area contributed by atoms with E-state index in [0.717, 1.165) is 12.0 Å². The number of piperidine rings is 1. The topological polar surface area (TPSA) is 12.0 Å². The molecule has 10 heavy (non-hydrogen) atoms. The van der Waals surface area contributed by atoms with Crippen molar-refractivity contribution in [2.45, 2.75) is 46.6 Å². The normalized spacial score (nSPS) is 32.4. The second-order valence-corrected chi connectivity index (χ2v) is 2.98. The molecule has 1 saturated heterocycles. The van der Waals surface area contributed by atoms with Crippen molar-refractivity contribution < 1.29 is 0 Å². The highest BCUT2D eigenvalue weighted by molar-refractivity contribution is 4.71. The van der Waals surface area contributed by atoms with Gasteiger partial charge in [-0.1, -0.05) is 20.8 Å². The van der Waals surface area contributed by atoms with E-state index < -0.39 is 0 Å². The van der Waals surface area contributed by atoms with Gasteiger partial charge in [0.15, 0.2) is 0 Å². The molecule has 0 amide bonds. The summed E-state index contributed by atoms with van der Waals surface area (Å²) in [7, 11) is 0. The maximum atomic E-state index is 3.41. The molecule has 0 bridgehead atoms. The Balaban J connectivity index is 0.000000371. The fourth-order valence-corrected chi connectivity index (χ4v) is 1.38. The van der Waals surface area contributed by atoms with Crippen LogP contribution in [-0.2, 0) is 0 Å². The summed E-state index contributed by atoms with van der Waals surface area (Å²) in [5.74, 6) is 0.950. The molecule has 1 aliphatic heterocycles.